The first-order chi connectivity index (χ1) is 17.8. The van der Waals surface area contributed by atoms with Crippen LogP contribution in [0.4, 0.5) is 4.79 Å². The second-order valence-corrected chi connectivity index (χ2v) is 9.58. The Hall–Kier alpha value is -4.61. The third kappa shape index (κ3) is 7.45. The van der Waals surface area contributed by atoms with E-state index in [0.29, 0.717) is 22.6 Å². The summed E-state index contributed by atoms with van der Waals surface area (Å²) >= 11 is 0. The molecule has 202 valence electrons. The van der Waals surface area contributed by atoms with Gasteiger partial charge in [0.1, 0.15) is 29.2 Å². The van der Waals surface area contributed by atoms with Gasteiger partial charge in [0.25, 0.3) is 0 Å². The second-order valence-electron chi connectivity index (χ2n) is 9.58. The lowest BCUT2D eigenvalue weighted by atomic mass is 9.94. The largest absolute Gasteiger partial charge is 0.481 e. The van der Waals surface area contributed by atoms with Crippen LogP contribution >= 0.6 is 0 Å². The average molecular weight is 528 g/mol. The topological polar surface area (TPSA) is 180 Å². The van der Waals surface area contributed by atoms with Gasteiger partial charge in [0.2, 0.25) is 11.8 Å². The molecule has 2 aromatic carbocycles. The maximum Gasteiger partial charge on any atom is 0.408 e. The van der Waals surface area contributed by atoms with Crippen molar-refractivity contribution in [3.63, 3.8) is 0 Å². The van der Waals surface area contributed by atoms with Crippen molar-refractivity contribution in [2.24, 2.45) is 0 Å². The predicted molar refractivity (Wildman–Crippen MR) is 133 cm³/mol. The van der Waals surface area contributed by atoms with Crippen molar-refractivity contribution in [3.05, 3.63) is 59.7 Å². The number of rotatable bonds is 9. The summed E-state index contributed by atoms with van der Waals surface area (Å²) in [6.07, 6.45) is -2.51. The van der Waals surface area contributed by atoms with Gasteiger partial charge >= 0.3 is 18.0 Å². The zero-order valence-electron chi connectivity index (χ0n) is 21.0. The standard InChI is InChI=1S/C26H29N3O9/c1-26(2,3)38-25(36)28-16(23(33)27-17(24(34)35)13-21(31)32)12-20(30)29-22-14-8-4-6-10-18(14)37-19-11-7-5-9-15(19)22/h4-11,16-17,22H,12-13H2,1-3H3,(H,27,33)(H,28,36)(H,29,30)(H,31,32)(H,34,35)/t16-,17-/m0/s1. The van der Waals surface area contributed by atoms with Gasteiger partial charge in [-0.1, -0.05) is 36.4 Å². The average Bonchev–Trinajstić information content (AvgIpc) is 2.81. The molecule has 0 radical (unpaired) electrons. The van der Waals surface area contributed by atoms with Gasteiger partial charge in [-0.3, -0.25) is 14.4 Å². The number of hydrogen-bond acceptors (Lipinski definition) is 7. The van der Waals surface area contributed by atoms with E-state index in [1.54, 1.807) is 69.3 Å². The number of carbonyl (C=O) groups excluding carboxylic acids is 3. The highest BCUT2D eigenvalue weighted by atomic mass is 16.6. The number of amides is 3. The number of hydrogen-bond donors (Lipinski definition) is 5. The first kappa shape index (κ1) is 28.0. The first-order valence-corrected chi connectivity index (χ1v) is 11.7. The fourth-order valence-corrected chi connectivity index (χ4v) is 3.78. The Morgan fingerprint density at radius 1 is 0.868 bits per heavy atom. The Bertz CT molecular complexity index is 1190. The van der Waals surface area contributed by atoms with E-state index in [1.165, 1.54) is 0 Å². The molecule has 1 aliphatic rings. The van der Waals surface area contributed by atoms with E-state index in [9.17, 15) is 29.1 Å². The minimum absolute atomic E-state index is 0.538. The normalized spacial score (nSPS) is 14.0. The van der Waals surface area contributed by atoms with Crippen LogP contribution in [0.25, 0.3) is 0 Å². The lowest BCUT2D eigenvalue weighted by Gasteiger charge is -2.29. The molecule has 0 aromatic heterocycles. The molecule has 3 amide bonds. The minimum atomic E-state index is -1.78. The third-order valence-electron chi connectivity index (χ3n) is 5.38. The van der Waals surface area contributed by atoms with Crippen LogP contribution < -0.4 is 20.7 Å². The van der Waals surface area contributed by atoms with Crippen LogP contribution in [0.2, 0.25) is 0 Å². The first-order valence-electron chi connectivity index (χ1n) is 11.7. The number of carboxylic acid groups (broad SMARTS) is 2. The van der Waals surface area contributed by atoms with Crippen molar-refractivity contribution in [2.75, 3.05) is 0 Å². The molecule has 0 fully saturated rings. The SMILES string of the molecule is CC(C)(C)OC(=O)N[C@@H](CC(=O)NC1c2ccccc2Oc2ccccc21)C(=O)N[C@@H](CC(=O)O)C(=O)O. The molecule has 5 N–H and O–H groups in total. The van der Waals surface area contributed by atoms with Crippen LogP contribution in [-0.4, -0.2) is 57.7 Å². The monoisotopic (exact) mass is 527 g/mol. The Balaban J connectivity index is 1.82. The molecule has 0 bridgehead atoms. The van der Waals surface area contributed by atoms with Crippen molar-refractivity contribution in [1.29, 1.82) is 0 Å². The number of carbonyl (C=O) groups is 5. The van der Waals surface area contributed by atoms with Crippen LogP contribution in [0.5, 0.6) is 11.5 Å². The highest BCUT2D eigenvalue weighted by Gasteiger charge is 2.33. The summed E-state index contributed by atoms with van der Waals surface area (Å²) in [7, 11) is 0. The van der Waals surface area contributed by atoms with E-state index in [4.69, 9.17) is 14.6 Å². The summed E-state index contributed by atoms with van der Waals surface area (Å²) in [5.74, 6) is -3.68. The van der Waals surface area contributed by atoms with Crippen LogP contribution in [0.1, 0.15) is 50.8 Å². The number of benzene rings is 2. The number of carboxylic acids is 2. The smallest absolute Gasteiger partial charge is 0.408 e. The molecule has 0 spiro atoms. The van der Waals surface area contributed by atoms with Gasteiger partial charge in [0.05, 0.1) is 18.9 Å². The number of ether oxygens (including phenoxy) is 2. The summed E-state index contributed by atoms with van der Waals surface area (Å²) in [6.45, 7) is 4.80. The van der Waals surface area contributed by atoms with Gasteiger partial charge in [-0.2, -0.15) is 0 Å². The van der Waals surface area contributed by atoms with Gasteiger partial charge in [-0.25, -0.2) is 9.59 Å². The van der Waals surface area contributed by atoms with Crippen LogP contribution in [0.15, 0.2) is 48.5 Å². The highest BCUT2D eigenvalue weighted by molar-refractivity contribution is 5.94. The number of alkyl carbamates (subject to hydrolysis) is 1. The van der Waals surface area contributed by atoms with Crippen LogP contribution in [-0.2, 0) is 23.9 Å². The Kier molecular flexibility index (Phi) is 8.56. The lowest BCUT2D eigenvalue weighted by Crippen LogP contribution is -2.54. The van der Waals surface area contributed by atoms with Crippen molar-refractivity contribution in [2.45, 2.75) is 57.3 Å². The fraction of sp³-hybridized carbons (Fsp3) is 0.346. The summed E-state index contributed by atoms with van der Waals surface area (Å²) in [6, 6.07) is 10.2. The molecule has 1 heterocycles. The van der Waals surface area contributed by atoms with Crippen molar-refractivity contribution in [3.8, 4) is 11.5 Å². The van der Waals surface area contributed by atoms with E-state index < -0.39 is 66.4 Å². The molecule has 3 rings (SSSR count). The lowest BCUT2D eigenvalue weighted by molar-refractivity contribution is -0.147. The summed E-state index contributed by atoms with van der Waals surface area (Å²) < 4.78 is 11.1. The molecular weight excluding hydrogens is 498 g/mol. The molecule has 2 atom stereocenters. The third-order valence-corrected chi connectivity index (χ3v) is 5.38. The number of fused-ring (bicyclic) bond motifs is 2. The number of para-hydroxylation sites is 2. The van der Waals surface area contributed by atoms with Crippen LogP contribution in [0.3, 0.4) is 0 Å². The van der Waals surface area contributed by atoms with Gasteiger partial charge in [0, 0.05) is 11.1 Å². The van der Waals surface area contributed by atoms with Crippen molar-refractivity contribution < 1.29 is 43.7 Å². The van der Waals surface area contributed by atoms with Gasteiger partial charge in [-0.15, -0.1) is 0 Å². The summed E-state index contributed by atoms with van der Waals surface area (Å²) in [5.41, 5.74) is 0.427. The Morgan fingerprint density at radius 2 is 1.42 bits per heavy atom. The van der Waals surface area contributed by atoms with Gasteiger partial charge in [0.15, 0.2) is 0 Å². The molecule has 0 saturated carbocycles. The van der Waals surface area contributed by atoms with Gasteiger partial charge in [-0.05, 0) is 32.9 Å². The molecule has 12 nitrogen and oxygen atoms in total. The van der Waals surface area contributed by atoms with Crippen molar-refractivity contribution >= 4 is 29.8 Å². The molecule has 12 heteroatoms. The second kappa shape index (κ2) is 11.6. The molecular formula is C26H29N3O9. The fourth-order valence-electron chi connectivity index (χ4n) is 3.78. The van der Waals surface area contributed by atoms with E-state index in [1.807, 2.05) is 0 Å². The predicted octanol–water partition coefficient (Wildman–Crippen LogP) is 2.33. The molecule has 2 aromatic rings. The Morgan fingerprint density at radius 3 is 1.92 bits per heavy atom. The van der Waals surface area contributed by atoms with E-state index in [-0.39, 0.29) is 0 Å². The van der Waals surface area contributed by atoms with Gasteiger partial charge < -0.3 is 35.6 Å². The quantitative estimate of drug-likeness (QED) is 0.327. The molecule has 0 unspecified atom stereocenters. The van der Waals surface area contributed by atoms with Crippen LogP contribution in [0, 0.1) is 0 Å². The highest BCUT2D eigenvalue weighted by Crippen LogP contribution is 2.42. The maximum absolute atomic E-state index is 13.2. The molecule has 1 aliphatic heterocycles. The number of aliphatic carboxylic acids is 2. The summed E-state index contributed by atoms with van der Waals surface area (Å²) in [4.78, 5) is 61.0. The zero-order chi connectivity index (χ0) is 28.0. The molecule has 38 heavy (non-hydrogen) atoms. The molecule has 0 saturated heterocycles. The van der Waals surface area contributed by atoms with Crippen molar-refractivity contribution in [1.82, 2.24) is 16.0 Å². The maximum atomic E-state index is 13.2. The Labute approximate surface area is 218 Å². The number of nitrogens with one attached hydrogen (secondary N) is 3. The minimum Gasteiger partial charge on any atom is -0.481 e. The molecule has 0 aliphatic carbocycles. The van der Waals surface area contributed by atoms with E-state index >= 15 is 0 Å². The summed E-state index contributed by atoms with van der Waals surface area (Å²) in [5, 5.41) is 25.4. The van der Waals surface area contributed by atoms with E-state index in [2.05, 4.69) is 16.0 Å². The zero-order valence-corrected chi connectivity index (χ0v) is 21.0. The van der Waals surface area contributed by atoms with E-state index in [0.717, 1.165) is 0 Å².